The monoisotopic (exact) mass is 259 g/mol. The van der Waals surface area contributed by atoms with Gasteiger partial charge in [0.1, 0.15) is 11.6 Å². The minimum atomic E-state index is -0.530. The zero-order valence-corrected chi connectivity index (χ0v) is 11.5. The van der Waals surface area contributed by atoms with Gasteiger partial charge in [-0.3, -0.25) is 0 Å². The summed E-state index contributed by atoms with van der Waals surface area (Å²) in [5.74, 6) is -1.06. The lowest BCUT2D eigenvalue weighted by Crippen LogP contribution is -2.33. The van der Waals surface area contributed by atoms with Gasteiger partial charge in [-0.1, -0.05) is 0 Å². The summed E-state index contributed by atoms with van der Waals surface area (Å²) < 4.78 is 26.2. The van der Waals surface area contributed by atoms with E-state index in [2.05, 4.69) is 19.2 Å². The van der Waals surface area contributed by atoms with Gasteiger partial charge in [-0.25, -0.2) is 8.78 Å². The molecule has 0 aliphatic carbocycles. The highest BCUT2D eigenvalue weighted by atomic mass is 32.2. The maximum atomic E-state index is 13.1. The Morgan fingerprint density at radius 1 is 1.24 bits per heavy atom. The van der Waals surface area contributed by atoms with Gasteiger partial charge in [0.2, 0.25) is 0 Å². The number of hydrogen-bond acceptors (Lipinski definition) is 2. The second kappa shape index (κ2) is 5.83. The fourth-order valence-corrected chi connectivity index (χ4v) is 1.64. The van der Waals surface area contributed by atoms with E-state index in [0.29, 0.717) is 5.56 Å². The van der Waals surface area contributed by atoms with Crippen molar-refractivity contribution in [3.05, 3.63) is 35.4 Å². The van der Waals surface area contributed by atoms with E-state index in [9.17, 15) is 8.78 Å². The highest BCUT2D eigenvalue weighted by Gasteiger charge is 2.17. The van der Waals surface area contributed by atoms with Crippen LogP contribution in [0.15, 0.2) is 18.2 Å². The summed E-state index contributed by atoms with van der Waals surface area (Å²) in [5, 5.41) is 3.29. The van der Waals surface area contributed by atoms with Crippen LogP contribution in [0.4, 0.5) is 8.78 Å². The summed E-state index contributed by atoms with van der Waals surface area (Å²) in [6, 6.07) is 3.56. The van der Waals surface area contributed by atoms with Crippen molar-refractivity contribution in [2.45, 2.75) is 31.6 Å². The van der Waals surface area contributed by atoms with Gasteiger partial charge < -0.3 is 5.32 Å². The molecule has 0 aromatic heterocycles. The average Bonchev–Trinajstić information content (AvgIpc) is 2.24. The molecule has 0 fully saturated rings. The molecule has 1 aromatic rings. The molecular formula is C13H19F2NS. The van der Waals surface area contributed by atoms with Crippen molar-refractivity contribution in [2.24, 2.45) is 0 Å². The van der Waals surface area contributed by atoms with Gasteiger partial charge in [0, 0.05) is 23.4 Å². The van der Waals surface area contributed by atoms with Crippen molar-refractivity contribution >= 4 is 11.8 Å². The molecule has 1 N–H and O–H groups in total. The van der Waals surface area contributed by atoms with Crippen molar-refractivity contribution in [3.8, 4) is 0 Å². The number of halogens is 2. The van der Waals surface area contributed by atoms with Gasteiger partial charge in [0.05, 0.1) is 0 Å². The quantitative estimate of drug-likeness (QED) is 0.864. The molecule has 1 atom stereocenters. The maximum absolute atomic E-state index is 13.1. The molecule has 0 radical (unpaired) electrons. The van der Waals surface area contributed by atoms with E-state index < -0.39 is 11.6 Å². The van der Waals surface area contributed by atoms with Gasteiger partial charge in [0.15, 0.2) is 0 Å². The number of thioether (sulfide) groups is 1. The number of nitrogens with one attached hydrogen (secondary N) is 1. The smallest absolute Gasteiger partial charge is 0.126 e. The number of hydrogen-bond donors (Lipinski definition) is 1. The van der Waals surface area contributed by atoms with Crippen molar-refractivity contribution < 1.29 is 8.78 Å². The minimum Gasteiger partial charge on any atom is -0.309 e. The SMILES string of the molecule is CSC(C)(C)CNC(C)c1cc(F)cc(F)c1. The minimum absolute atomic E-state index is 0.0633. The van der Waals surface area contributed by atoms with Crippen molar-refractivity contribution in [1.82, 2.24) is 5.32 Å². The summed E-state index contributed by atoms with van der Waals surface area (Å²) in [7, 11) is 0. The second-order valence-corrected chi connectivity index (χ2v) is 6.28. The lowest BCUT2D eigenvalue weighted by atomic mass is 10.1. The first-order chi connectivity index (χ1) is 7.84. The molecule has 1 nitrogen and oxygen atoms in total. The first kappa shape index (κ1) is 14.5. The molecule has 0 aliphatic rings. The Hall–Kier alpha value is -0.610. The van der Waals surface area contributed by atoms with Gasteiger partial charge in [0.25, 0.3) is 0 Å². The summed E-state index contributed by atoms with van der Waals surface area (Å²) in [6.07, 6.45) is 2.05. The number of rotatable bonds is 5. The Labute approximate surface area is 106 Å². The zero-order valence-electron chi connectivity index (χ0n) is 10.7. The van der Waals surface area contributed by atoms with Gasteiger partial charge >= 0.3 is 0 Å². The molecule has 0 bridgehead atoms. The zero-order chi connectivity index (χ0) is 13.1. The van der Waals surface area contributed by atoms with Crippen LogP contribution in [0.1, 0.15) is 32.4 Å². The molecule has 4 heteroatoms. The van der Waals surface area contributed by atoms with Gasteiger partial charge in [-0.05, 0) is 44.7 Å². The lowest BCUT2D eigenvalue weighted by Gasteiger charge is -2.25. The molecular weight excluding hydrogens is 240 g/mol. The predicted octanol–water partition coefficient (Wildman–Crippen LogP) is 3.76. The standard InChI is InChI=1S/C13H19F2NS/c1-9(16-8-13(2,3)17-4)10-5-11(14)7-12(15)6-10/h5-7,9,16H,8H2,1-4H3. The van der Waals surface area contributed by atoms with Crippen LogP contribution in [0.2, 0.25) is 0 Å². The molecule has 0 saturated heterocycles. The molecule has 1 rings (SSSR count). The Morgan fingerprint density at radius 2 is 1.76 bits per heavy atom. The van der Waals surface area contributed by atoms with Crippen molar-refractivity contribution in [2.75, 3.05) is 12.8 Å². The summed E-state index contributed by atoms with van der Waals surface area (Å²) in [5.41, 5.74) is 0.638. The van der Waals surface area contributed by atoms with Crippen LogP contribution in [0, 0.1) is 11.6 Å². The van der Waals surface area contributed by atoms with Gasteiger partial charge in [-0.2, -0.15) is 11.8 Å². The Bertz CT molecular complexity index is 359. The molecule has 0 heterocycles. The van der Waals surface area contributed by atoms with E-state index in [-0.39, 0.29) is 10.8 Å². The number of benzene rings is 1. The highest BCUT2D eigenvalue weighted by molar-refractivity contribution is 7.99. The Kier molecular flexibility index (Phi) is 4.95. The van der Waals surface area contributed by atoms with Gasteiger partial charge in [-0.15, -0.1) is 0 Å². The third-order valence-corrected chi connectivity index (χ3v) is 4.02. The van der Waals surface area contributed by atoms with E-state index in [1.165, 1.54) is 12.1 Å². The molecule has 0 amide bonds. The molecule has 1 unspecified atom stereocenters. The third kappa shape index (κ3) is 4.64. The summed E-state index contributed by atoms with van der Waals surface area (Å²) >= 11 is 1.76. The molecule has 1 aromatic carbocycles. The molecule has 0 aliphatic heterocycles. The normalized spacial score (nSPS) is 13.8. The fraction of sp³-hybridized carbons (Fsp3) is 0.538. The lowest BCUT2D eigenvalue weighted by molar-refractivity contribution is 0.513. The third-order valence-electron chi connectivity index (χ3n) is 2.77. The summed E-state index contributed by atoms with van der Waals surface area (Å²) in [4.78, 5) is 0. The van der Waals surface area contributed by atoms with Crippen molar-refractivity contribution in [3.63, 3.8) is 0 Å². The van der Waals surface area contributed by atoms with Crippen LogP contribution in [-0.2, 0) is 0 Å². The highest BCUT2D eigenvalue weighted by Crippen LogP contribution is 2.22. The summed E-state index contributed by atoms with van der Waals surface area (Å²) in [6.45, 7) is 6.95. The topological polar surface area (TPSA) is 12.0 Å². The van der Waals surface area contributed by atoms with E-state index >= 15 is 0 Å². The van der Waals surface area contributed by atoms with Crippen molar-refractivity contribution in [1.29, 1.82) is 0 Å². The van der Waals surface area contributed by atoms with Crippen LogP contribution < -0.4 is 5.32 Å². The molecule has 0 spiro atoms. The Morgan fingerprint density at radius 3 is 2.24 bits per heavy atom. The Balaban J connectivity index is 2.67. The van der Waals surface area contributed by atoms with E-state index in [1.54, 1.807) is 11.8 Å². The average molecular weight is 259 g/mol. The van der Waals surface area contributed by atoms with Crippen LogP contribution in [-0.4, -0.2) is 17.5 Å². The predicted molar refractivity (Wildman–Crippen MR) is 70.4 cm³/mol. The molecule has 17 heavy (non-hydrogen) atoms. The largest absolute Gasteiger partial charge is 0.309 e. The fourth-order valence-electron chi connectivity index (χ4n) is 1.41. The van der Waals surface area contributed by atoms with E-state index in [1.807, 2.05) is 13.2 Å². The van der Waals surface area contributed by atoms with E-state index in [4.69, 9.17) is 0 Å². The van der Waals surface area contributed by atoms with Crippen LogP contribution in [0.25, 0.3) is 0 Å². The van der Waals surface area contributed by atoms with Crippen LogP contribution in [0.3, 0.4) is 0 Å². The van der Waals surface area contributed by atoms with E-state index in [0.717, 1.165) is 12.6 Å². The first-order valence-electron chi connectivity index (χ1n) is 5.58. The first-order valence-corrected chi connectivity index (χ1v) is 6.81. The molecule has 96 valence electrons. The van der Waals surface area contributed by atoms with Crippen LogP contribution >= 0.6 is 11.8 Å². The maximum Gasteiger partial charge on any atom is 0.126 e. The second-order valence-electron chi connectivity index (χ2n) is 4.77. The van der Waals surface area contributed by atoms with Crippen LogP contribution in [0.5, 0.6) is 0 Å². The molecule has 0 saturated carbocycles.